The predicted octanol–water partition coefficient (Wildman–Crippen LogP) is 2.07. The van der Waals surface area contributed by atoms with Crippen LogP contribution in [0, 0.1) is 0 Å². The third kappa shape index (κ3) is 2.70. The van der Waals surface area contributed by atoms with Gasteiger partial charge in [0.25, 0.3) is 0 Å². The molecule has 19 heavy (non-hydrogen) atoms. The number of halogens is 3. The first kappa shape index (κ1) is 13.8. The van der Waals surface area contributed by atoms with Crippen LogP contribution in [-0.2, 0) is 0 Å². The second kappa shape index (κ2) is 5.16. The maximum atomic E-state index is 12.9. The molecule has 1 aromatic carbocycles. The van der Waals surface area contributed by atoms with Crippen molar-refractivity contribution in [1.82, 2.24) is 0 Å². The Morgan fingerprint density at radius 1 is 1.32 bits per heavy atom. The molecule has 0 fully saturated rings. The lowest BCUT2D eigenvalue weighted by atomic mass is 9.97. The van der Waals surface area contributed by atoms with E-state index in [0.717, 1.165) is 0 Å². The molecule has 1 aliphatic heterocycles. The zero-order chi connectivity index (χ0) is 14.0. The Balaban J connectivity index is 2.47. The molecule has 0 saturated carbocycles. The minimum absolute atomic E-state index is 0.0103. The Morgan fingerprint density at radius 2 is 2.00 bits per heavy atom. The SMILES string of the molecule is COc1cc(C(CN)C(F)(F)F)cc2c1OCCO2. The highest BCUT2D eigenvalue weighted by Crippen LogP contribution is 2.44. The van der Waals surface area contributed by atoms with E-state index >= 15 is 0 Å². The molecule has 0 radical (unpaired) electrons. The lowest BCUT2D eigenvalue weighted by Crippen LogP contribution is -2.28. The molecular weight excluding hydrogens is 263 g/mol. The normalized spacial score (nSPS) is 16.1. The first-order valence-corrected chi connectivity index (χ1v) is 5.71. The van der Waals surface area contributed by atoms with Crippen LogP contribution in [-0.4, -0.2) is 33.0 Å². The van der Waals surface area contributed by atoms with E-state index in [4.69, 9.17) is 19.9 Å². The van der Waals surface area contributed by atoms with Crippen molar-refractivity contribution in [3.8, 4) is 17.2 Å². The fraction of sp³-hybridized carbons (Fsp3) is 0.500. The van der Waals surface area contributed by atoms with Gasteiger partial charge in [-0.3, -0.25) is 0 Å². The van der Waals surface area contributed by atoms with Crippen molar-refractivity contribution < 1.29 is 27.4 Å². The molecule has 1 atom stereocenters. The van der Waals surface area contributed by atoms with Crippen LogP contribution in [0.1, 0.15) is 11.5 Å². The molecule has 0 saturated heterocycles. The molecule has 1 aromatic rings. The third-order valence-corrected chi connectivity index (χ3v) is 2.88. The van der Waals surface area contributed by atoms with Crippen molar-refractivity contribution in [3.05, 3.63) is 17.7 Å². The van der Waals surface area contributed by atoms with Crippen LogP contribution in [0.5, 0.6) is 17.2 Å². The first-order chi connectivity index (χ1) is 8.97. The molecular formula is C12H14F3NO3. The predicted molar refractivity (Wildman–Crippen MR) is 61.8 cm³/mol. The summed E-state index contributed by atoms with van der Waals surface area (Å²) in [6.07, 6.45) is -4.41. The van der Waals surface area contributed by atoms with E-state index in [0.29, 0.717) is 19.0 Å². The van der Waals surface area contributed by atoms with Gasteiger partial charge < -0.3 is 19.9 Å². The van der Waals surface area contributed by atoms with Gasteiger partial charge in [-0.05, 0) is 17.7 Å². The van der Waals surface area contributed by atoms with Gasteiger partial charge in [-0.25, -0.2) is 0 Å². The highest BCUT2D eigenvalue weighted by Gasteiger charge is 2.40. The molecule has 1 aliphatic rings. The molecule has 0 aromatic heterocycles. The summed E-state index contributed by atoms with van der Waals surface area (Å²) in [5, 5.41) is 0. The van der Waals surface area contributed by atoms with E-state index in [2.05, 4.69) is 0 Å². The lowest BCUT2D eigenvalue weighted by Gasteiger charge is -2.24. The monoisotopic (exact) mass is 277 g/mol. The highest BCUT2D eigenvalue weighted by atomic mass is 19.4. The third-order valence-electron chi connectivity index (χ3n) is 2.88. The summed E-state index contributed by atoms with van der Waals surface area (Å²) in [6.45, 7) is 0.0908. The van der Waals surface area contributed by atoms with E-state index in [1.165, 1.54) is 19.2 Å². The van der Waals surface area contributed by atoms with Crippen molar-refractivity contribution in [2.75, 3.05) is 26.9 Å². The van der Waals surface area contributed by atoms with Crippen molar-refractivity contribution in [3.63, 3.8) is 0 Å². The molecule has 1 unspecified atom stereocenters. The largest absolute Gasteiger partial charge is 0.493 e. The number of hydrogen-bond acceptors (Lipinski definition) is 4. The zero-order valence-electron chi connectivity index (χ0n) is 10.3. The summed E-state index contributed by atoms with van der Waals surface area (Å²) in [5.41, 5.74) is 5.24. The zero-order valence-corrected chi connectivity index (χ0v) is 10.3. The Bertz CT molecular complexity index is 445. The van der Waals surface area contributed by atoms with E-state index in [1.54, 1.807) is 0 Å². The van der Waals surface area contributed by atoms with Crippen molar-refractivity contribution in [1.29, 1.82) is 0 Å². The van der Waals surface area contributed by atoms with Gasteiger partial charge in [0.05, 0.1) is 13.0 Å². The highest BCUT2D eigenvalue weighted by molar-refractivity contribution is 5.55. The van der Waals surface area contributed by atoms with Crippen LogP contribution in [0.15, 0.2) is 12.1 Å². The maximum Gasteiger partial charge on any atom is 0.396 e. The molecule has 2 N–H and O–H groups in total. The fourth-order valence-electron chi connectivity index (χ4n) is 1.95. The van der Waals surface area contributed by atoms with Crippen LogP contribution in [0.4, 0.5) is 13.2 Å². The minimum atomic E-state index is -4.41. The van der Waals surface area contributed by atoms with Gasteiger partial charge >= 0.3 is 6.18 Å². The smallest absolute Gasteiger partial charge is 0.396 e. The van der Waals surface area contributed by atoms with Crippen molar-refractivity contribution >= 4 is 0 Å². The van der Waals surface area contributed by atoms with Crippen LogP contribution in [0.2, 0.25) is 0 Å². The summed E-state index contributed by atoms with van der Waals surface area (Å²) in [7, 11) is 1.36. The Hall–Kier alpha value is -1.63. The van der Waals surface area contributed by atoms with Gasteiger partial charge in [-0.2, -0.15) is 13.2 Å². The number of nitrogens with two attached hydrogens (primary N) is 1. The summed E-state index contributed by atoms with van der Waals surface area (Å²) in [5.74, 6) is -0.953. The average molecular weight is 277 g/mol. The molecule has 2 rings (SSSR count). The molecule has 1 heterocycles. The van der Waals surface area contributed by atoms with Crippen LogP contribution < -0.4 is 19.9 Å². The number of benzene rings is 1. The number of alkyl halides is 3. The van der Waals surface area contributed by atoms with Gasteiger partial charge in [-0.15, -0.1) is 0 Å². The molecule has 0 bridgehead atoms. The van der Waals surface area contributed by atoms with E-state index < -0.39 is 18.6 Å². The van der Waals surface area contributed by atoms with Gasteiger partial charge in [0.1, 0.15) is 13.2 Å². The number of rotatable bonds is 3. The van der Waals surface area contributed by atoms with Gasteiger partial charge in [-0.1, -0.05) is 0 Å². The number of methoxy groups -OCH3 is 1. The van der Waals surface area contributed by atoms with Crippen LogP contribution in [0.3, 0.4) is 0 Å². The van der Waals surface area contributed by atoms with E-state index in [-0.39, 0.29) is 17.1 Å². The molecule has 0 amide bonds. The Kier molecular flexibility index (Phi) is 3.75. The fourth-order valence-corrected chi connectivity index (χ4v) is 1.95. The molecule has 7 heteroatoms. The number of fused-ring (bicyclic) bond motifs is 1. The lowest BCUT2D eigenvalue weighted by molar-refractivity contribution is -0.148. The molecule has 0 aliphatic carbocycles. The van der Waals surface area contributed by atoms with E-state index in [9.17, 15) is 13.2 Å². The summed E-state index contributed by atoms with van der Waals surface area (Å²) < 4.78 is 54.3. The van der Waals surface area contributed by atoms with E-state index in [1.807, 2.05) is 0 Å². The molecule has 106 valence electrons. The average Bonchev–Trinajstić information content (AvgIpc) is 2.37. The first-order valence-electron chi connectivity index (χ1n) is 5.71. The maximum absolute atomic E-state index is 12.9. The molecule has 0 spiro atoms. The number of ether oxygens (including phenoxy) is 3. The second-order valence-electron chi connectivity index (χ2n) is 4.08. The Morgan fingerprint density at radius 3 is 2.58 bits per heavy atom. The molecule has 4 nitrogen and oxygen atoms in total. The summed E-state index contributed by atoms with van der Waals surface area (Å²) >= 11 is 0. The van der Waals surface area contributed by atoms with Crippen LogP contribution in [0.25, 0.3) is 0 Å². The van der Waals surface area contributed by atoms with Gasteiger partial charge in [0.2, 0.25) is 5.75 Å². The topological polar surface area (TPSA) is 53.7 Å². The van der Waals surface area contributed by atoms with Crippen molar-refractivity contribution in [2.45, 2.75) is 12.1 Å². The Labute approximate surface area is 108 Å². The minimum Gasteiger partial charge on any atom is -0.493 e. The van der Waals surface area contributed by atoms with Crippen molar-refractivity contribution in [2.24, 2.45) is 5.73 Å². The standard InChI is InChI=1S/C12H14F3NO3/c1-17-9-4-7(8(6-16)12(13,14)15)5-10-11(9)19-3-2-18-10/h4-5,8H,2-3,6,16H2,1H3. The van der Waals surface area contributed by atoms with Gasteiger partial charge in [0.15, 0.2) is 11.5 Å². The number of hydrogen-bond donors (Lipinski definition) is 1. The quantitative estimate of drug-likeness (QED) is 0.919. The second-order valence-corrected chi connectivity index (χ2v) is 4.08. The van der Waals surface area contributed by atoms with Crippen LogP contribution >= 0.6 is 0 Å². The van der Waals surface area contributed by atoms with Gasteiger partial charge in [0, 0.05) is 6.54 Å². The summed E-state index contributed by atoms with van der Waals surface area (Å²) in [4.78, 5) is 0. The summed E-state index contributed by atoms with van der Waals surface area (Å²) in [6, 6.07) is 2.60.